The van der Waals surface area contributed by atoms with Gasteiger partial charge in [-0.15, -0.1) is 10.2 Å². The molecule has 0 atom stereocenters. The number of ether oxygens (including phenoxy) is 1. The van der Waals surface area contributed by atoms with Crippen molar-refractivity contribution in [2.45, 2.75) is 30.5 Å². The van der Waals surface area contributed by atoms with Gasteiger partial charge in [-0.3, -0.25) is 0 Å². The summed E-state index contributed by atoms with van der Waals surface area (Å²) in [5.41, 5.74) is 1.90. The van der Waals surface area contributed by atoms with Gasteiger partial charge < -0.3 is 9.30 Å². The molecule has 1 aromatic heterocycles. The molecule has 1 saturated carbocycles. The van der Waals surface area contributed by atoms with Crippen LogP contribution >= 0.6 is 11.8 Å². The summed E-state index contributed by atoms with van der Waals surface area (Å²) >= 11 is 1.67. The smallest absolute Gasteiger partial charge is 0.191 e. The lowest BCUT2D eigenvalue weighted by atomic mass is 10.2. The van der Waals surface area contributed by atoms with Crippen LogP contribution in [0.2, 0.25) is 0 Å². The summed E-state index contributed by atoms with van der Waals surface area (Å²) in [4.78, 5) is 0. The molecule has 0 N–H and O–H groups in total. The van der Waals surface area contributed by atoms with E-state index in [4.69, 9.17) is 10.00 Å². The molecule has 4 rings (SSSR count). The van der Waals surface area contributed by atoms with E-state index in [-0.39, 0.29) is 0 Å². The standard InChI is InChI=1S/C21H20N4OS/c22-14-16-6-10-19(11-7-16)26-12-13-27-21-24-23-20(18-8-9-18)25(21)15-17-4-2-1-3-5-17/h1-7,10-11,18H,8-9,12-13,15H2. The van der Waals surface area contributed by atoms with Gasteiger partial charge in [-0.2, -0.15) is 5.26 Å². The molecule has 0 radical (unpaired) electrons. The van der Waals surface area contributed by atoms with Crippen molar-refractivity contribution in [1.82, 2.24) is 14.8 Å². The van der Waals surface area contributed by atoms with Gasteiger partial charge in [0.25, 0.3) is 0 Å². The zero-order valence-corrected chi connectivity index (χ0v) is 15.7. The molecule has 0 saturated heterocycles. The minimum Gasteiger partial charge on any atom is -0.493 e. The van der Waals surface area contributed by atoms with Crippen molar-refractivity contribution in [3.63, 3.8) is 0 Å². The maximum Gasteiger partial charge on any atom is 0.191 e. The third-order valence-electron chi connectivity index (χ3n) is 4.44. The summed E-state index contributed by atoms with van der Waals surface area (Å²) in [5.74, 6) is 3.23. The van der Waals surface area contributed by atoms with Crippen molar-refractivity contribution < 1.29 is 4.74 Å². The van der Waals surface area contributed by atoms with Crippen LogP contribution in [0.3, 0.4) is 0 Å². The van der Waals surface area contributed by atoms with E-state index in [9.17, 15) is 0 Å². The average Bonchev–Trinajstić information content (AvgIpc) is 3.49. The van der Waals surface area contributed by atoms with Gasteiger partial charge >= 0.3 is 0 Å². The quantitative estimate of drug-likeness (QED) is 0.434. The number of nitrogens with zero attached hydrogens (tertiary/aromatic N) is 4. The second-order valence-corrected chi connectivity index (χ2v) is 7.58. The lowest BCUT2D eigenvalue weighted by Gasteiger charge is -2.10. The predicted molar refractivity (Wildman–Crippen MR) is 105 cm³/mol. The van der Waals surface area contributed by atoms with Gasteiger partial charge in [0, 0.05) is 11.7 Å². The second kappa shape index (κ2) is 8.28. The Balaban J connectivity index is 1.37. The van der Waals surface area contributed by atoms with Gasteiger partial charge in [0.2, 0.25) is 0 Å². The minimum absolute atomic E-state index is 0.561. The minimum atomic E-state index is 0.561. The molecule has 5 nitrogen and oxygen atoms in total. The maximum absolute atomic E-state index is 8.84. The zero-order valence-electron chi connectivity index (χ0n) is 14.9. The Hall–Kier alpha value is -2.78. The first-order valence-electron chi connectivity index (χ1n) is 9.06. The van der Waals surface area contributed by atoms with E-state index in [1.807, 2.05) is 18.2 Å². The third kappa shape index (κ3) is 4.50. The Kier molecular flexibility index (Phi) is 5.40. The van der Waals surface area contributed by atoms with Crippen LogP contribution < -0.4 is 4.74 Å². The van der Waals surface area contributed by atoms with Crippen LogP contribution in [0, 0.1) is 11.3 Å². The average molecular weight is 376 g/mol. The fraction of sp³-hybridized carbons (Fsp3) is 0.286. The van der Waals surface area contributed by atoms with E-state index >= 15 is 0 Å². The number of benzene rings is 2. The fourth-order valence-corrected chi connectivity index (χ4v) is 3.64. The normalized spacial score (nSPS) is 13.3. The SMILES string of the molecule is N#Cc1ccc(OCCSc2nnc(C3CC3)n2Cc2ccccc2)cc1. The Labute approximate surface area is 163 Å². The number of hydrogen-bond donors (Lipinski definition) is 0. The Morgan fingerprint density at radius 2 is 1.85 bits per heavy atom. The molecular weight excluding hydrogens is 356 g/mol. The first-order valence-corrected chi connectivity index (χ1v) is 10.0. The number of nitriles is 1. The molecule has 2 aromatic carbocycles. The van der Waals surface area contributed by atoms with Gasteiger partial charge in [-0.1, -0.05) is 42.1 Å². The highest BCUT2D eigenvalue weighted by atomic mass is 32.2. The third-order valence-corrected chi connectivity index (χ3v) is 5.37. The Bertz CT molecular complexity index is 927. The molecule has 0 aliphatic heterocycles. The second-order valence-electron chi connectivity index (χ2n) is 6.52. The van der Waals surface area contributed by atoms with E-state index in [0.29, 0.717) is 18.1 Å². The van der Waals surface area contributed by atoms with E-state index in [2.05, 4.69) is 45.1 Å². The van der Waals surface area contributed by atoms with Crippen LogP contribution in [0.4, 0.5) is 0 Å². The highest BCUT2D eigenvalue weighted by Gasteiger charge is 2.30. The van der Waals surface area contributed by atoms with Crippen LogP contribution in [0.5, 0.6) is 5.75 Å². The molecule has 1 fully saturated rings. The molecule has 0 bridgehead atoms. The first-order chi connectivity index (χ1) is 13.3. The summed E-state index contributed by atoms with van der Waals surface area (Å²) < 4.78 is 8.01. The highest BCUT2D eigenvalue weighted by molar-refractivity contribution is 7.99. The van der Waals surface area contributed by atoms with Crippen LogP contribution in [-0.4, -0.2) is 27.1 Å². The Morgan fingerprint density at radius 1 is 1.07 bits per heavy atom. The molecular formula is C21H20N4OS. The molecule has 0 amide bonds. The lowest BCUT2D eigenvalue weighted by Crippen LogP contribution is -2.07. The van der Waals surface area contributed by atoms with Crippen LogP contribution in [0.25, 0.3) is 0 Å². The van der Waals surface area contributed by atoms with Crippen molar-refractivity contribution in [2.75, 3.05) is 12.4 Å². The summed E-state index contributed by atoms with van der Waals surface area (Å²) in [6.45, 7) is 1.38. The molecule has 27 heavy (non-hydrogen) atoms. The molecule has 1 aliphatic carbocycles. The summed E-state index contributed by atoms with van der Waals surface area (Å²) in [6, 6.07) is 19.7. The molecule has 1 aliphatic rings. The number of rotatable bonds is 8. The summed E-state index contributed by atoms with van der Waals surface area (Å²) in [5, 5.41) is 18.7. The molecule has 0 spiro atoms. The van der Waals surface area contributed by atoms with Crippen molar-refractivity contribution in [3.8, 4) is 11.8 Å². The number of aromatic nitrogens is 3. The van der Waals surface area contributed by atoms with Gasteiger partial charge in [-0.25, -0.2) is 0 Å². The summed E-state index contributed by atoms with van der Waals surface area (Å²) in [7, 11) is 0. The van der Waals surface area contributed by atoms with Gasteiger partial charge in [0.1, 0.15) is 11.6 Å². The highest BCUT2D eigenvalue weighted by Crippen LogP contribution is 2.40. The lowest BCUT2D eigenvalue weighted by molar-refractivity contribution is 0.344. The fourth-order valence-electron chi connectivity index (χ4n) is 2.88. The largest absolute Gasteiger partial charge is 0.493 e. The van der Waals surface area contributed by atoms with Gasteiger partial charge in [0.15, 0.2) is 5.16 Å². The molecule has 1 heterocycles. The number of hydrogen-bond acceptors (Lipinski definition) is 5. The zero-order chi connectivity index (χ0) is 18.5. The van der Waals surface area contributed by atoms with Gasteiger partial charge in [-0.05, 0) is 42.7 Å². The monoisotopic (exact) mass is 376 g/mol. The van der Waals surface area contributed by atoms with E-state index in [1.165, 1.54) is 18.4 Å². The molecule has 0 unspecified atom stereocenters. The summed E-state index contributed by atoms with van der Waals surface area (Å²) in [6.07, 6.45) is 2.42. The molecule has 6 heteroatoms. The molecule has 136 valence electrons. The van der Waals surface area contributed by atoms with Crippen LogP contribution in [0.1, 0.15) is 35.7 Å². The maximum atomic E-state index is 8.84. The Morgan fingerprint density at radius 3 is 2.56 bits per heavy atom. The van der Waals surface area contributed by atoms with Crippen molar-refractivity contribution in [3.05, 3.63) is 71.5 Å². The van der Waals surface area contributed by atoms with Gasteiger partial charge in [0.05, 0.1) is 24.8 Å². The van der Waals surface area contributed by atoms with E-state index in [0.717, 1.165) is 29.0 Å². The van der Waals surface area contributed by atoms with Crippen molar-refractivity contribution in [2.24, 2.45) is 0 Å². The van der Waals surface area contributed by atoms with E-state index in [1.54, 1.807) is 23.9 Å². The van der Waals surface area contributed by atoms with E-state index < -0.39 is 0 Å². The number of thioether (sulfide) groups is 1. The topological polar surface area (TPSA) is 63.7 Å². The van der Waals surface area contributed by atoms with Crippen molar-refractivity contribution in [1.29, 1.82) is 5.26 Å². The van der Waals surface area contributed by atoms with Crippen molar-refractivity contribution >= 4 is 11.8 Å². The predicted octanol–water partition coefficient (Wildman–Crippen LogP) is 4.25. The molecule has 3 aromatic rings. The first kappa shape index (κ1) is 17.6. The van der Waals surface area contributed by atoms with Crippen LogP contribution in [-0.2, 0) is 6.54 Å². The van der Waals surface area contributed by atoms with Crippen LogP contribution in [0.15, 0.2) is 59.8 Å².